The summed E-state index contributed by atoms with van der Waals surface area (Å²) in [6.07, 6.45) is 0. The molecule has 0 aliphatic carbocycles. The lowest BCUT2D eigenvalue weighted by Gasteiger charge is -2.19. The summed E-state index contributed by atoms with van der Waals surface area (Å²) in [7, 11) is 0. The zero-order chi connectivity index (χ0) is 45.4. The van der Waals surface area contributed by atoms with E-state index in [0.29, 0.717) is 11.1 Å². The molecule has 64 heavy (non-hydrogen) atoms. The molecule has 0 amide bonds. The highest BCUT2D eigenvalue weighted by Gasteiger charge is 2.45. The predicted octanol–water partition coefficient (Wildman–Crippen LogP) is 14.3. The van der Waals surface area contributed by atoms with Crippen molar-refractivity contribution >= 4 is 67.1 Å². The van der Waals surface area contributed by atoms with Crippen molar-refractivity contribution in [3.63, 3.8) is 0 Å². The number of carbonyl (C=O) groups excluding carboxylic acids is 2. The van der Waals surface area contributed by atoms with Crippen molar-refractivity contribution in [1.82, 2.24) is 9.13 Å². The van der Waals surface area contributed by atoms with Crippen LogP contribution in [0.3, 0.4) is 0 Å². The van der Waals surface area contributed by atoms with Gasteiger partial charge in [0, 0.05) is 44.0 Å². The molecule has 0 spiro atoms. The molecule has 6 aromatic carbocycles. The van der Waals surface area contributed by atoms with Gasteiger partial charge in [-0.2, -0.15) is 0 Å². The lowest BCUT2D eigenvalue weighted by Crippen LogP contribution is -2.10. The number of rotatable bonds is 4. The largest absolute Gasteiger partial charge is 0.421 e. The van der Waals surface area contributed by atoms with Crippen molar-refractivity contribution in [1.29, 1.82) is 0 Å². The molecular formula is C58H56N2O4. The maximum Gasteiger partial charge on any atom is 0.348 e. The fourth-order valence-electron chi connectivity index (χ4n) is 9.41. The topological polar surface area (TPSA) is 62.5 Å². The van der Waals surface area contributed by atoms with E-state index in [1.165, 1.54) is 43.8 Å². The molecule has 0 bridgehead atoms. The first-order chi connectivity index (χ1) is 30.1. The van der Waals surface area contributed by atoms with Gasteiger partial charge in [0.2, 0.25) is 0 Å². The van der Waals surface area contributed by atoms with Crippen LogP contribution in [-0.2, 0) is 40.7 Å². The zero-order valence-corrected chi connectivity index (χ0v) is 39.1. The quantitative estimate of drug-likeness (QED) is 0.166. The highest BCUT2D eigenvalue weighted by molar-refractivity contribution is 6.24. The number of nitrogens with zero attached hydrogens (tertiary/aromatic N) is 2. The zero-order valence-electron chi connectivity index (χ0n) is 39.1. The van der Waals surface area contributed by atoms with Crippen LogP contribution in [0.1, 0.15) is 116 Å². The van der Waals surface area contributed by atoms with Crippen LogP contribution in [0.15, 0.2) is 132 Å². The molecular weight excluding hydrogens is 789 g/mol. The molecule has 0 radical (unpaired) electrons. The van der Waals surface area contributed by atoms with E-state index in [2.05, 4.69) is 165 Å². The minimum absolute atomic E-state index is 0.00101. The average molecular weight is 845 g/mol. The molecule has 6 nitrogen and oxygen atoms in total. The third-order valence-corrected chi connectivity index (χ3v) is 13.3. The van der Waals surface area contributed by atoms with Crippen molar-refractivity contribution < 1.29 is 19.1 Å². The second-order valence-corrected chi connectivity index (χ2v) is 21.9. The van der Waals surface area contributed by atoms with Crippen LogP contribution in [-0.4, -0.2) is 21.1 Å². The van der Waals surface area contributed by atoms with Gasteiger partial charge in [0.15, 0.2) is 11.5 Å². The second-order valence-electron chi connectivity index (χ2n) is 21.9. The predicted molar refractivity (Wildman–Crippen MR) is 262 cm³/mol. The van der Waals surface area contributed by atoms with Crippen molar-refractivity contribution in [2.24, 2.45) is 0 Å². The first-order valence-corrected chi connectivity index (χ1v) is 22.4. The van der Waals surface area contributed by atoms with Gasteiger partial charge in [0.25, 0.3) is 0 Å². The molecule has 0 fully saturated rings. The molecule has 2 aromatic heterocycles. The monoisotopic (exact) mass is 844 g/mol. The molecule has 4 heterocycles. The summed E-state index contributed by atoms with van der Waals surface area (Å²) >= 11 is 0. The summed E-state index contributed by atoms with van der Waals surface area (Å²) in [5, 5.41) is 4.82. The molecule has 6 heteroatoms. The van der Waals surface area contributed by atoms with Crippen molar-refractivity contribution in [2.75, 3.05) is 0 Å². The van der Waals surface area contributed by atoms with Crippen LogP contribution in [0.5, 0.6) is 0 Å². The molecule has 0 N–H and O–H groups in total. The number of cyclic esters (lactones) is 2. The Bertz CT molecular complexity index is 2990. The lowest BCUT2D eigenvalue weighted by molar-refractivity contribution is -0.131. The van der Waals surface area contributed by atoms with Gasteiger partial charge in [-0.05, 0) is 141 Å². The highest BCUT2D eigenvalue weighted by Crippen LogP contribution is 2.45. The fourth-order valence-corrected chi connectivity index (χ4v) is 9.41. The maximum absolute atomic E-state index is 13.7. The van der Waals surface area contributed by atoms with E-state index >= 15 is 0 Å². The van der Waals surface area contributed by atoms with E-state index in [1.807, 2.05) is 48.5 Å². The van der Waals surface area contributed by atoms with Crippen molar-refractivity contribution in [2.45, 2.75) is 105 Å². The third kappa shape index (κ3) is 6.60. The number of hydrogen-bond acceptors (Lipinski definition) is 4. The molecule has 10 rings (SSSR count). The number of aromatic nitrogens is 2. The van der Waals surface area contributed by atoms with E-state index < -0.39 is 11.9 Å². The number of benzene rings is 6. The Morgan fingerprint density at radius 2 is 0.594 bits per heavy atom. The van der Waals surface area contributed by atoms with Gasteiger partial charge < -0.3 is 18.6 Å². The molecule has 0 atom stereocenters. The van der Waals surface area contributed by atoms with Crippen molar-refractivity contribution in [3.05, 3.63) is 166 Å². The summed E-state index contributed by atoms with van der Waals surface area (Å²) in [5.74, 6) is -0.774. The number of ether oxygens (including phenoxy) is 2. The van der Waals surface area contributed by atoms with E-state index in [-0.39, 0.29) is 44.3 Å². The minimum atomic E-state index is -0.600. The first-order valence-electron chi connectivity index (χ1n) is 22.4. The van der Waals surface area contributed by atoms with Crippen LogP contribution in [0, 0.1) is 0 Å². The summed E-state index contributed by atoms with van der Waals surface area (Å²) < 4.78 is 16.4. The second kappa shape index (κ2) is 13.9. The standard InChI is InChI=1S/C58H56N2O4/c1-55(2,3)35-17-25-45-41(29-35)42-30-36(56(4,5)6)18-26-46(42)59(45)39-21-13-33(14-22-39)51-49-50(54(62)63-51)52(64-53(49)61)34-15-23-40(24-16-34)60-47-27-19-37(57(7,8)9)31-43(47)44-32-38(58(10,11)12)20-28-48(44)60/h13-32H,1-12H3. The van der Waals surface area contributed by atoms with Crippen LogP contribution in [0.2, 0.25) is 0 Å². The van der Waals surface area contributed by atoms with E-state index in [0.717, 1.165) is 33.4 Å². The van der Waals surface area contributed by atoms with Gasteiger partial charge >= 0.3 is 11.9 Å². The van der Waals surface area contributed by atoms with E-state index in [9.17, 15) is 9.59 Å². The number of fused-ring (bicyclic) bond motifs is 7. The van der Waals surface area contributed by atoms with Crippen LogP contribution < -0.4 is 0 Å². The maximum atomic E-state index is 13.7. The lowest BCUT2D eigenvalue weighted by atomic mass is 9.85. The Morgan fingerprint density at radius 3 is 0.828 bits per heavy atom. The Kier molecular flexibility index (Phi) is 8.99. The van der Waals surface area contributed by atoms with Crippen molar-refractivity contribution in [3.8, 4) is 11.4 Å². The number of carbonyl (C=O) groups is 2. The minimum Gasteiger partial charge on any atom is -0.421 e. The molecule has 322 valence electrons. The summed E-state index contributed by atoms with van der Waals surface area (Å²) in [4.78, 5) is 27.4. The van der Waals surface area contributed by atoms with Gasteiger partial charge in [-0.25, -0.2) is 9.59 Å². The van der Waals surface area contributed by atoms with Gasteiger partial charge in [-0.3, -0.25) is 0 Å². The molecule has 2 aliphatic rings. The average Bonchev–Trinajstić information content (AvgIpc) is 3.96. The van der Waals surface area contributed by atoms with E-state index in [1.54, 1.807) is 0 Å². The van der Waals surface area contributed by atoms with Gasteiger partial charge in [-0.1, -0.05) is 107 Å². The Hall–Kier alpha value is -6.66. The molecule has 0 saturated carbocycles. The summed E-state index contributed by atoms with van der Waals surface area (Å²) in [6, 6.07) is 42.9. The Morgan fingerprint density at radius 1 is 0.344 bits per heavy atom. The van der Waals surface area contributed by atoms with Gasteiger partial charge in [-0.15, -0.1) is 0 Å². The third-order valence-electron chi connectivity index (χ3n) is 13.3. The summed E-state index contributed by atoms with van der Waals surface area (Å²) in [6.45, 7) is 26.9. The van der Waals surface area contributed by atoms with Gasteiger partial charge in [0.05, 0.1) is 22.1 Å². The molecule has 0 saturated heterocycles. The van der Waals surface area contributed by atoms with Gasteiger partial charge in [0.1, 0.15) is 11.1 Å². The van der Waals surface area contributed by atoms with Crippen LogP contribution in [0.25, 0.3) is 66.5 Å². The SMILES string of the molecule is CC(C)(C)c1ccc2c(c1)c1cc(C(C)(C)C)ccc1n2-c1ccc(C2=C3C(=O)OC(c4ccc(-n5c6ccc(C(C)(C)C)cc6c6cc(C(C)(C)C)ccc65)cc4)=C3C(=O)O2)cc1. The fraction of sp³-hybridized carbons (Fsp3) is 0.276. The number of hydrogen-bond donors (Lipinski definition) is 0. The van der Waals surface area contributed by atoms with Crippen LogP contribution >= 0.6 is 0 Å². The first kappa shape index (κ1) is 41.4. The molecule has 8 aromatic rings. The normalized spacial score (nSPS) is 15.1. The summed E-state index contributed by atoms with van der Waals surface area (Å²) in [5.41, 5.74) is 13.0. The van der Waals surface area contributed by atoms with E-state index in [4.69, 9.17) is 9.47 Å². The van der Waals surface area contributed by atoms with Crippen LogP contribution in [0.4, 0.5) is 0 Å². The Labute approximate surface area is 375 Å². The number of esters is 2. The molecule has 2 aliphatic heterocycles. The smallest absolute Gasteiger partial charge is 0.348 e. The Balaban J connectivity index is 1.02. The molecule has 0 unspecified atom stereocenters. The highest BCUT2D eigenvalue weighted by atomic mass is 16.6.